The predicted molar refractivity (Wildman–Crippen MR) is 133 cm³/mol. The zero-order valence-electron chi connectivity index (χ0n) is 17.3. The van der Waals surface area contributed by atoms with Crippen molar-refractivity contribution in [1.29, 1.82) is 0 Å². The topological polar surface area (TPSA) is 57.5 Å². The van der Waals surface area contributed by atoms with E-state index < -0.39 is 0 Å². The number of hydrogen-bond acceptors (Lipinski definition) is 3. The van der Waals surface area contributed by atoms with E-state index in [2.05, 4.69) is 36.1 Å². The first-order valence-corrected chi connectivity index (χ1v) is 10.5. The second kappa shape index (κ2) is 12.3. The van der Waals surface area contributed by atoms with E-state index in [1.165, 1.54) is 0 Å². The molecule has 0 radical (unpaired) electrons. The lowest BCUT2D eigenvalue weighted by Crippen LogP contribution is -2.51. The van der Waals surface area contributed by atoms with Gasteiger partial charge in [-0.25, -0.2) is 4.98 Å². The van der Waals surface area contributed by atoms with Crippen LogP contribution in [0.25, 0.3) is 0 Å². The molecule has 1 unspecified atom stereocenters. The van der Waals surface area contributed by atoms with Gasteiger partial charge in [0, 0.05) is 51.7 Å². The van der Waals surface area contributed by atoms with E-state index in [1.807, 2.05) is 44.6 Å². The molecule has 0 aliphatic carbocycles. The first-order chi connectivity index (χ1) is 13.7. The first kappa shape index (κ1) is 23.8. The van der Waals surface area contributed by atoms with Crippen LogP contribution in [0.15, 0.2) is 41.7 Å². The summed E-state index contributed by atoms with van der Waals surface area (Å²) in [4.78, 5) is 11.0. The van der Waals surface area contributed by atoms with Crippen LogP contribution in [0.3, 0.4) is 0 Å². The molecule has 1 aliphatic heterocycles. The third-order valence-corrected chi connectivity index (χ3v) is 5.54. The Balaban J connectivity index is 0.00000300. The Morgan fingerprint density at radius 3 is 2.86 bits per heavy atom. The molecule has 1 aliphatic rings. The maximum atomic E-state index is 6.38. The number of halogens is 2. The molecule has 1 saturated heterocycles. The fourth-order valence-corrected chi connectivity index (χ4v) is 3.92. The number of para-hydroxylation sites is 1. The van der Waals surface area contributed by atoms with E-state index >= 15 is 0 Å². The first-order valence-electron chi connectivity index (χ1n) is 10.1. The number of unbranched alkanes of at least 4 members (excludes halogenated alkanes) is 1. The van der Waals surface area contributed by atoms with Crippen LogP contribution < -0.4 is 15.5 Å². The zero-order chi connectivity index (χ0) is 19.8. The number of aliphatic imine (C=N–C) groups is 1. The summed E-state index contributed by atoms with van der Waals surface area (Å²) < 4.78 is 2.19. The van der Waals surface area contributed by atoms with Crippen molar-refractivity contribution in [3.63, 3.8) is 0 Å². The van der Waals surface area contributed by atoms with Gasteiger partial charge in [-0.1, -0.05) is 23.7 Å². The molecule has 160 valence electrons. The Kier molecular flexibility index (Phi) is 10.1. The van der Waals surface area contributed by atoms with Crippen LogP contribution in [0.2, 0.25) is 5.02 Å². The highest BCUT2D eigenvalue weighted by Gasteiger charge is 2.22. The third kappa shape index (κ3) is 7.06. The number of rotatable bonds is 7. The van der Waals surface area contributed by atoms with E-state index in [0.29, 0.717) is 6.04 Å². The quantitative estimate of drug-likeness (QED) is 0.245. The summed E-state index contributed by atoms with van der Waals surface area (Å²) in [5.41, 5.74) is 1.12. The van der Waals surface area contributed by atoms with Gasteiger partial charge in [-0.05, 0) is 44.7 Å². The minimum absolute atomic E-state index is 0. The van der Waals surface area contributed by atoms with Crippen molar-refractivity contribution >= 4 is 47.2 Å². The van der Waals surface area contributed by atoms with E-state index in [-0.39, 0.29) is 24.0 Å². The van der Waals surface area contributed by atoms with Crippen molar-refractivity contribution in [2.45, 2.75) is 45.2 Å². The minimum Gasteiger partial charge on any atom is -0.368 e. The fraction of sp³-hybridized carbons (Fsp3) is 0.524. The predicted octanol–water partition coefficient (Wildman–Crippen LogP) is 4.08. The standard InChI is InChI=1S/C21H31ClN6.HI/c1-17-24-12-15-27(17)13-6-5-11-25-21(23-2)26-18-8-7-14-28(16-18)20-10-4-3-9-19(20)22;/h3-4,9-10,12,15,18H,5-8,11,13-14,16H2,1-2H3,(H2,23,25,26);1H. The number of anilines is 1. The molecule has 0 saturated carbocycles. The van der Waals surface area contributed by atoms with Crippen molar-refractivity contribution in [3.8, 4) is 0 Å². The SMILES string of the molecule is CN=C(NCCCCn1ccnc1C)NC1CCCN(c2ccccc2Cl)C1.I. The molecule has 0 amide bonds. The largest absolute Gasteiger partial charge is 0.368 e. The molecular formula is C21H32ClIN6. The Morgan fingerprint density at radius 1 is 1.31 bits per heavy atom. The summed E-state index contributed by atoms with van der Waals surface area (Å²) in [6, 6.07) is 8.44. The van der Waals surface area contributed by atoms with Crippen LogP contribution in [-0.4, -0.2) is 48.2 Å². The zero-order valence-corrected chi connectivity index (χ0v) is 20.4. The highest BCUT2D eigenvalue weighted by atomic mass is 127. The lowest BCUT2D eigenvalue weighted by Gasteiger charge is -2.35. The number of aryl methyl sites for hydroxylation is 2. The molecular weight excluding hydrogens is 499 g/mol. The van der Waals surface area contributed by atoms with Crippen LogP contribution in [0, 0.1) is 6.92 Å². The van der Waals surface area contributed by atoms with Gasteiger partial charge in [0.05, 0.1) is 10.7 Å². The van der Waals surface area contributed by atoms with Gasteiger partial charge in [0.2, 0.25) is 0 Å². The molecule has 29 heavy (non-hydrogen) atoms. The lowest BCUT2D eigenvalue weighted by molar-refractivity contribution is 0.467. The number of guanidine groups is 1. The molecule has 2 aromatic rings. The van der Waals surface area contributed by atoms with Gasteiger partial charge in [-0.2, -0.15) is 0 Å². The molecule has 2 heterocycles. The molecule has 1 fully saturated rings. The van der Waals surface area contributed by atoms with Crippen LogP contribution in [-0.2, 0) is 6.54 Å². The van der Waals surface area contributed by atoms with Gasteiger partial charge >= 0.3 is 0 Å². The maximum Gasteiger partial charge on any atom is 0.191 e. The maximum absolute atomic E-state index is 6.38. The van der Waals surface area contributed by atoms with Crippen LogP contribution >= 0.6 is 35.6 Å². The molecule has 2 N–H and O–H groups in total. The normalized spacial score (nSPS) is 17.0. The number of benzene rings is 1. The molecule has 8 heteroatoms. The number of aromatic nitrogens is 2. The van der Waals surface area contributed by atoms with Gasteiger partial charge in [-0.3, -0.25) is 4.99 Å². The second-order valence-electron chi connectivity index (χ2n) is 7.25. The van der Waals surface area contributed by atoms with E-state index in [0.717, 1.165) is 74.4 Å². The van der Waals surface area contributed by atoms with Crippen LogP contribution in [0.4, 0.5) is 5.69 Å². The van der Waals surface area contributed by atoms with Gasteiger partial charge in [-0.15, -0.1) is 24.0 Å². The smallest absolute Gasteiger partial charge is 0.191 e. The molecule has 1 aromatic heterocycles. The average molecular weight is 531 g/mol. The molecule has 1 atom stereocenters. The second-order valence-corrected chi connectivity index (χ2v) is 7.66. The summed E-state index contributed by atoms with van der Waals surface area (Å²) in [5.74, 6) is 1.95. The molecule has 3 rings (SSSR count). The Bertz CT molecular complexity index is 778. The van der Waals surface area contributed by atoms with E-state index in [9.17, 15) is 0 Å². The number of piperidine rings is 1. The van der Waals surface area contributed by atoms with Crippen molar-refractivity contribution in [2.24, 2.45) is 4.99 Å². The summed E-state index contributed by atoms with van der Waals surface area (Å²) in [6.07, 6.45) is 8.39. The van der Waals surface area contributed by atoms with Gasteiger partial charge in [0.1, 0.15) is 5.82 Å². The molecule has 6 nitrogen and oxygen atoms in total. The van der Waals surface area contributed by atoms with Gasteiger partial charge < -0.3 is 20.1 Å². The van der Waals surface area contributed by atoms with Crippen LogP contribution in [0.1, 0.15) is 31.5 Å². The monoisotopic (exact) mass is 530 g/mol. The number of nitrogens with zero attached hydrogens (tertiary/aromatic N) is 4. The third-order valence-electron chi connectivity index (χ3n) is 5.22. The Morgan fingerprint density at radius 2 is 2.14 bits per heavy atom. The van der Waals surface area contributed by atoms with Crippen LogP contribution in [0.5, 0.6) is 0 Å². The minimum atomic E-state index is 0. The van der Waals surface area contributed by atoms with Gasteiger partial charge in [0.25, 0.3) is 0 Å². The van der Waals surface area contributed by atoms with Crippen molar-refractivity contribution in [3.05, 3.63) is 47.5 Å². The average Bonchev–Trinajstić information content (AvgIpc) is 3.12. The summed E-state index contributed by atoms with van der Waals surface area (Å²) in [5, 5.41) is 7.84. The van der Waals surface area contributed by atoms with Crippen molar-refractivity contribution < 1.29 is 0 Å². The van der Waals surface area contributed by atoms with E-state index in [1.54, 1.807) is 0 Å². The Hall–Kier alpha value is -1.48. The summed E-state index contributed by atoms with van der Waals surface area (Å²) in [6.45, 7) is 5.94. The molecule has 0 spiro atoms. The fourth-order valence-electron chi connectivity index (χ4n) is 3.66. The Labute approximate surface area is 196 Å². The summed E-state index contributed by atoms with van der Waals surface area (Å²) >= 11 is 6.38. The number of nitrogens with one attached hydrogen (secondary N) is 2. The molecule has 0 bridgehead atoms. The highest BCUT2D eigenvalue weighted by Crippen LogP contribution is 2.27. The van der Waals surface area contributed by atoms with E-state index in [4.69, 9.17) is 11.6 Å². The highest BCUT2D eigenvalue weighted by molar-refractivity contribution is 14.0. The van der Waals surface area contributed by atoms with Crippen molar-refractivity contribution in [1.82, 2.24) is 20.2 Å². The number of hydrogen-bond donors (Lipinski definition) is 2. The lowest BCUT2D eigenvalue weighted by atomic mass is 10.0. The number of imidazole rings is 1. The summed E-state index contributed by atoms with van der Waals surface area (Å²) in [7, 11) is 1.83. The molecule has 1 aromatic carbocycles. The van der Waals surface area contributed by atoms with Crippen molar-refractivity contribution in [2.75, 3.05) is 31.6 Å². The van der Waals surface area contributed by atoms with Gasteiger partial charge in [0.15, 0.2) is 5.96 Å².